The maximum absolute atomic E-state index is 13.0. The normalized spacial score (nSPS) is 15.7. The first-order chi connectivity index (χ1) is 13.8. The molecule has 0 saturated carbocycles. The molecule has 1 aromatic heterocycles. The van der Waals surface area contributed by atoms with E-state index in [-0.39, 0.29) is 11.4 Å². The van der Waals surface area contributed by atoms with E-state index in [1.807, 2.05) is 6.92 Å². The van der Waals surface area contributed by atoms with Crippen molar-refractivity contribution >= 4 is 33.2 Å². The number of hydrogen-bond acceptors (Lipinski definition) is 4. The Morgan fingerprint density at radius 1 is 1.14 bits per heavy atom. The van der Waals surface area contributed by atoms with Crippen LogP contribution in [0.25, 0.3) is 0 Å². The van der Waals surface area contributed by atoms with Gasteiger partial charge in [-0.3, -0.25) is 9.59 Å². The molecule has 7 nitrogen and oxygen atoms in total. The highest BCUT2D eigenvalue weighted by Crippen LogP contribution is 2.20. The van der Waals surface area contributed by atoms with Crippen LogP contribution >= 0.6 is 11.6 Å². The molecule has 0 radical (unpaired) electrons. The van der Waals surface area contributed by atoms with Gasteiger partial charge < -0.3 is 9.88 Å². The maximum Gasteiger partial charge on any atom is 0.271 e. The zero-order chi connectivity index (χ0) is 21.0. The lowest BCUT2D eigenvalue weighted by molar-refractivity contribution is -0.116. The smallest absolute Gasteiger partial charge is 0.271 e. The Labute approximate surface area is 175 Å². The zero-order valence-corrected chi connectivity index (χ0v) is 17.8. The third kappa shape index (κ3) is 5.07. The molecular formula is C20H24ClN3O4S. The van der Waals surface area contributed by atoms with Crippen LogP contribution in [0.1, 0.15) is 31.2 Å². The van der Waals surface area contributed by atoms with Crippen LogP contribution in [-0.4, -0.2) is 36.3 Å². The van der Waals surface area contributed by atoms with Gasteiger partial charge >= 0.3 is 0 Å². The summed E-state index contributed by atoms with van der Waals surface area (Å²) in [4.78, 5) is 24.9. The number of carbonyl (C=O) groups is 1. The predicted molar refractivity (Wildman–Crippen MR) is 113 cm³/mol. The van der Waals surface area contributed by atoms with Crippen LogP contribution in [0.15, 0.2) is 46.2 Å². The number of hydrogen-bond donors (Lipinski definition) is 1. The summed E-state index contributed by atoms with van der Waals surface area (Å²) >= 11 is 5.96. The Morgan fingerprint density at radius 2 is 1.83 bits per heavy atom. The van der Waals surface area contributed by atoms with Crippen molar-refractivity contribution in [3.63, 3.8) is 0 Å². The van der Waals surface area contributed by atoms with Gasteiger partial charge in [-0.25, -0.2) is 8.42 Å². The first kappa shape index (κ1) is 21.5. The van der Waals surface area contributed by atoms with Crippen LogP contribution in [0.3, 0.4) is 0 Å². The third-order valence-electron chi connectivity index (χ3n) is 4.96. The van der Waals surface area contributed by atoms with Crippen molar-refractivity contribution < 1.29 is 13.2 Å². The van der Waals surface area contributed by atoms with E-state index < -0.39 is 21.5 Å². The second-order valence-corrected chi connectivity index (χ2v) is 9.47. The number of sulfonamides is 1. The first-order valence-corrected chi connectivity index (χ1v) is 11.4. The van der Waals surface area contributed by atoms with Gasteiger partial charge in [0.15, 0.2) is 0 Å². The lowest BCUT2D eigenvalue weighted by Gasteiger charge is -2.20. The number of rotatable bonds is 5. The van der Waals surface area contributed by atoms with Gasteiger partial charge in [-0.15, -0.1) is 0 Å². The highest BCUT2D eigenvalue weighted by atomic mass is 35.5. The molecular weight excluding hydrogens is 414 g/mol. The Morgan fingerprint density at radius 3 is 2.52 bits per heavy atom. The van der Waals surface area contributed by atoms with E-state index in [0.29, 0.717) is 23.8 Å². The fraction of sp³-hybridized carbons (Fsp3) is 0.400. The molecule has 1 saturated heterocycles. The SMILES string of the molecule is Cc1ccc(Cl)cc1NC(=O)Cn1cccc(S(=O)(=O)N2CCCCCC2)c1=O. The number of aryl methyl sites for hydroxylation is 1. The van der Waals surface area contributed by atoms with Crippen molar-refractivity contribution in [3.05, 3.63) is 57.5 Å². The number of carbonyl (C=O) groups excluding carboxylic acids is 1. The highest BCUT2D eigenvalue weighted by Gasteiger charge is 2.28. The molecule has 0 atom stereocenters. The summed E-state index contributed by atoms with van der Waals surface area (Å²) < 4.78 is 28.4. The van der Waals surface area contributed by atoms with Crippen LogP contribution in [-0.2, 0) is 21.4 Å². The predicted octanol–water partition coefficient (Wildman–Crippen LogP) is 3.01. The molecule has 29 heavy (non-hydrogen) atoms. The molecule has 0 spiro atoms. The molecule has 0 bridgehead atoms. The van der Waals surface area contributed by atoms with Crippen LogP contribution in [0.5, 0.6) is 0 Å². The molecule has 1 aliphatic heterocycles. The molecule has 1 aromatic carbocycles. The van der Waals surface area contributed by atoms with Gasteiger partial charge in [0.25, 0.3) is 5.56 Å². The quantitative estimate of drug-likeness (QED) is 0.778. The number of anilines is 1. The van der Waals surface area contributed by atoms with E-state index in [9.17, 15) is 18.0 Å². The number of benzene rings is 1. The van der Waals surface area contributed by atoms with Crippen molar-refractivity contribution in [2.24, 2.45) is 0 Å². The third-order valence-corrected chi connectivity index (χ3v) is 7.10. The second kappa shape index (κ2) is 9.11. The minimum atomic E-state index is -3.89. The Balaban J connectivity index is 1.82. The molecule has 1 amide bonds. The first-order valence-electron chi connectivity index (χ1n) is 9.54. The summed E-state index contributed by atoms with van der Waals surface area (Å²) in [5, 5.41) is 3.19. The van der Waals surface area contributed by atoms with E-state index >= 15 is 0 Å². The van der Waals surface area contributed by atoms with Crippen LogP contribution in [0, 0.1) is 6.92 Å². The number of pyridine rings is 1. The number of nitrogens with zero attached hydrogens (tertiary/aromatic N) is 2. The highest BCUT2D eigenvalue weighted by molar-refractivity contribution is 7.89. The second-order valence-electron chi connectivity index (χ2n) is 7.13. The average Bonchev–Trinajstić information content (AvgIpc) is 2.96. The van der Waals surface area contributed by atoms with E-state index in [2.05, 4.69) is 5.32 Å². The van der Waals surface area contributed by atoms with Crippen molar-refractivity contribution in [1.29, 1.82) is 0 Å². The summed E-state index contributed by atoms with van der Waals surface area (Å²) in [5.74, 6) is -0.443. The van der Waals surface area contributed by atoms with E-state index in [0.717, 1.165) is 35.8 Å². The van der Waals surface area contributed by atoms with Crippen molar-refractivity contribution in [1.82, 2.24) is 8.87 Å². The van der Waals surface area contributed by atoms with Gasteiger partial charge in [-0.2, -0.15) is 4.31 Å². The molecule has 0 aliphatic carbocycles. The standard InChI is InChI=1S/C20H24ClN3O4S/c1-15-8-9-16(21)13-17(15)22-19(25)14-23-10-6-7-18(20(23)26)29(27,28)24-11-4-2-3-5-12-24/h6-10,13H,2-5,11-12,14H2,1H3,(H,22,25). The summed E-state index contributed by atoms with van der Waals surface area (Å²) in [7, 11) is -3.89. The van der Waals surface area contributed by atoms with E-state index in [1.165, 1.54) is 22.6 Å². The van der Waals surface area contributed by atoms with Crippen LogP contribution < -0.4 is 10.9 Å². The van der Waals surface area contributed by atoms with Gasteiger partial charge in [0.05, 0.1) is 0 Å². The molecule has 2 heterocycles. The molecule has 3 rings (SSSR count). The minimum absolute atomic E-state index is 0.297. The van der Waals surface area contributed by atoms with E-state index in [1.54, 1.807) is 18.2 Å². The molecule has 0 unspecified atom stereocenters. The van der Waals surface area contributed by atoms with Gasteiger partial charge in [0, 0.05) is 30.0 Å². The Hall–Kier alpha value is -2.16. The zero-order valence-electron chi connectivity index (χ0n) is 16.2. The number of nitrogens with one attached hydrogen (secondary N) is 1. The van der Waals surface area contributed by atoms with E-state index in [4.69, 9.17) is 11.6 Å². The topological polar surface area (TPSA) is 88.5 Å². The van der Waals surface area contributed by atoms with Crippen molar-refractivity contribution in [3.8, 4) is 0 Å². The summed E-state index contributed by atoms with van der Waals surface area (Å²) in [6.45, 7) is 2.34. The lowest BCUT2D eigenvalue weighted by Crippen LogP contribution is -2.37. The molecule has 2 aromatic rings. The minimum Gasteiger partial charge on any atom is -0.324 e. The largest absolute Gasteiger partial charge is 0.324 e. The number of aromatic nitrogens is 1. The van der Waals surface area contributed by atoms with Gasteiger partial charge in [0.1, 0.15) is 11.4 Å². The Kier molecular flexibility index (Phi) is 6.77. The Bertz CT molecular complexity index is 1060. The molecule has 1 fully saturated rings. The lowest BCUT2D eigenvalue weighted by atomic mass is 10.2. The van der Waals surface area contributed by atoms with Crippen LogP contribution in [0.2, 0.25) is 5.02 Å². The molecule has 156 valence electrons. The summed E-state index contributed by atoms with van der Waals surface area (Å²) in [6.07, 6.45) is 4.93. The average molecular weight is 438 g/mol. The maximum atomic E-state index is 13.0. The van der Waals surface area contributed by atoms with Gasteiger partial charge in [0.2, 0.25) is 15.9 Å². The monoisotopic (exact) mass is 437 g/mol. The van der Waals surface area contributed by atoms with Crippen molar-refractivity contribution in [2.75, 3.05) is 18.4 Å². The van der Waals surface area contributed by atoms with Crippen LogP contribution in [0.4, 0.5) is 5.69 Å². The van der Waals surface area contributed by atoms with Gasteiger partial charge in [-0.1, -0.05) is 30.5 Å². The molecule has 1 aliphatic rings. The van der Waals surface area contributed by atoms with Gasteiger partial charge in [-0.05, 0) is 49.6 Å². The summed E-state index contributed by atoms with van der Waals surface area (Å²) in [6, 6.07) is 7.90. The molecule has 9 heteroatoms. The molecule has 1 N–H and O–H groups in total. The number of amides is 1. The summed E-state index contributed by atoms with van der Waals surface area (Å²) in [5.41, 5.74) is 0.672. The fourth-order valence-corrected chi connectivity index (χ4v) is 5.11. The fourth-order valence-electron chi connectivity index (χ4n) is 3.33. The van der Waals surface area contributed by atoms with Crippen molar-refractivity contribution in [2.45, 2.75) is 44.0 Å². The number of halogens is 1.